The molecule has 3 N–H and O–H groups in total. The number of hydrazine groups is 1. The van der Waals surface area contributed by atoms with Gasteiger partial charge in [0, 0.05) is 4.47 Å². The van der Waals surface area contributed by atoms with Crippen molar-refractivity contribution in [2.45, 2.75) is 19.4 Å². The molecule has 0 aliphatic rings. The summed E-state index contributed by atoms with van der Waals surface area (Å²) < 4.78 is 14.4. The average Bonchev–Trinajstić information content (AvgIpc) is 2.41. The van der Waals surface area contributed by atoms with E-state index in [0.717, 1.165) is 21.2 Å². The maximum absolute atomic E-state index is 13.5. The summed E-state index contributed by atoms with van der Waals surface area (Å²) in [7, 11) is 0. The molecule has 20 heavy (non-hydrogen) atoms. The van der Waals surface area contributed by atoms with Crippen LogP contribution in [0.15, 0.2) is 40.9 Å². The number of nitrogens with one attached hydrogen (secondary N) is 1. The SMILES string of the molecule is Cc1ccc(C(Cc2cccc(F)c2Cl)NN)c(Br)c1. The highest BCUT2D eigenvalue weighted by atomic mass is 79.9. The van der Waals surface area contributed by atoms with E-state index in [1.165, 1.54) is 6.07 Å². The van der Waals surface area contributed by atoms with Crippen molar-refractivity contribution >= 4 is 27.5 Å². The number of aryl methyl sites for hydroxylation is 1. The first-order valence-electron chi connectivity index (χ1n) is 6.18. The number of rotatable bonds is 4. The van der Waals surface area contributed by atoms with E-state index in [0.29, 0.717) is 6.42 Å². The maximum atomic E-state index is 13.5. The topological polar surface area (TPSA) is 38.0 Å². The number of nitrogens with two attached hydrogens (primary N) is 1. The Morgan fingerprint density at radius 2 is 2.10 bits per heavy atom. The summed E-state index contributed by atoms with van der Waals surface area (Å²) in [6.45, 7) is 2.02. The zero-order chi connectivity index (χ0) is 14.7. The van der Waals surface area contributed by atoms with Crippen LogP contribution in [0.4, 0.5) is 4.39 Å². The van der Waals surface area contributed by atoms with Gasteiger partial charge in [-0.2, -0.15) is 0 Å². The second kappa shape index (κ2) is 6.68. The van der Waals surface area contributed by atoms with E-state index in [4.69, 9.17) is 17.4 Å². The summed E-state index contributed by atoms with van der Waals surface area (Å²) in [4.78, 5) is 0. The van der Waals surface area contributed by atoms with Gasteiger partial charge in [-0.15, -0.1) is 0 Å². The third-order valence-electron chi connectivity index (χ3n) is 3.19. The van der Waals surface area contributed by atoms with E-state index in [-0.39, 0.29) is 11.1 Å². The molecule has 1 atom stereocenters. The van der Waals surface area contributed by atoms with E-state index in [2.05, 4.69) is 21.4 Å². The summed E-state index contributed by atoms with van der Waals surface area (Å²) in [5.74, 6) is 5.23. The summed E-state index contributed by atoms with van der Waals surface area (Å²) in [6.07, 6.45) is 0.509. The van der Waals surface area contributed by atoms with Crippen LogP contribution < -0.4 is 11.3 Å². The van der Waals surface area contributed by atoms with Crippen LogP contribution in [0.1, 0.15) is 22.7 Å². The third-order valence-corrected chi connectivity index (χ3v) is 4.30. The second-order valence-corrected chi connectivity index (χ2v) is 5.89. The molecule has 0 radical (unpaired) electrons. The van der Waals surface area contributed by atoms with Gasteiger partial charge in [0.2, 0.25) is 0 Å². The van der Waals surface area contributed by atoms with Gasteiger partial charge in [-0.25, -0.2) is 4.39 Å². The Morgan fingerprint density at radius 3 is 2.75 bits per heavy atom. The van der Waals surface area contributed by atoms with Gasteiger partial charge in [-0.3, -0.25) is 11.3 Å². The van der Waals surface area contributed by atoms with Crippen LogP contribution in [0.25, 0.3) is 0 Å². The van der Waals surface area contributed by atoms with Crippen molar-refractivity contribution < 1.29 is 4.39 Å². The first-order valence-corrected chi connectivity index (χ1v) is 7.35. The van der Waals surface area contributed by atoms with Gasteiger partial charge in [0.25, 0.3) is 0 Å². The van der Waals surface area contributed by atoms with E-state index < -0.39 is 5.82 Å². The average molecular weight is 358 g/mol. The molecule has 0 aliphatic heterocycles. The first kappa shape index (κ1) is 15.4. The van der Waals surface area contributed by atoms with Crippen molar-refractivity contribution in [3.05, 3.63) is 68.4 Å². The van der Waals surface area contributed by atoms with Gasteiger partial charge in [0.15, 0.2) is 0 Å². The quantitative estimate of drug-likeness (QED) is 0.632. The Bertz CT molecular complexity index is 619. The maximum Gasteiger partial charge on any atom is 0.142 e. The largest absolute Gasteiger partial charge is 0.271 e. The first-order chi connectivity index (χ1) is 9.52. The fourth-order valence-electron chi connectivity index (χ4n) is 2.10. The summed E-state index contributed by atoms with van der Waals surface area (Å²) in [5, 5.41) is 0.149. The minimum Gasteiger partial charge on any atom is -0.271 e. The third kappa shape index (κ3) is 3.38. The zero-order valence-electron chi connectivity index (χ0n) is 11.0. The van der Waals surface area contributed by atoms with Crippen LogP contribution in [0.3, 0.4) is 0 Å². The lowest BCUT2D eigenvalue weighted by Gasteiger charge is -2.19. The van der Waals surface area contributed by atoms with Gasteiger partial charge < -0.3 is 0 Å². The van der Waals surface area contributed by atoms with E-state index in [9.17, 15) is 4.39 Å². The summed E-state index contributed by atoms with van der Waals surface area (Å²) in [5.41, 5.74) is 5.65. The molecule has 1 unspecified atom stereocenters. The lowest BCUT2D eigenvalue weighted by Crippen LogP contribution is -2.30. The molecular formula is C15H15BrClFN2. The van der Waals surface area contributed by atoms with E-state index in [1.54, 1.807) is 12.1 Å². The monoisotopic (exact) mass is 356 g/mol. The minimum atomic E-state index is -0.414. The molecule has 0 heterocycles. The molecule has 0 bridgehead atoms. The van der Waals surface area contributed by atoms with Crippen LogP contribution in [-0.4, -0.2) is 0 Å². The van der Waals surface area contributed by atoms with Crippen molar-refractivity contribution in [2.75, 3.05) is 0 Å². The fraction of sp³-hybridized carbons (Fsp3) is 0.200. The van der Waals surface area contributed by atoms with Crippen molar-refractivity contribution in [1.82, 2.24) is 5.43 Å². The van der Waals surface area contributed by atoms with Crippen molar-refractivity contribution in [1.29, 1.82) is 0 Å². The lowest BCUT2D eigenvalue weighted by molar-refractivity contribution is 0.547. The standard InChI is InChI=1S/C15H15BrClFN2/c1-9-5-6-11(12(16)7-9)14(20-19)8-10-3-2-4-13(18)15(10)17/h2-7,14,20H,8,19H2,1H3. The van der Waals surface area contributed by atoms with Gasteiger partial charge in [0.05, 0.1) is 11.1 Å². The molecule has 2 aromatic carbocycles. The predicted molar refractivity (Wildman–Crippen MR) is 84.1 cm³/mol. The van der Waals surface area contributed by atoms with Crippen molar-refractivity contribution in [3.8, 4) is 0 Å². The molecule has 5 heteroatoms. The minimum absolute atomic E-state index is 0.149. The van der Waals surface area contributed by atoms with Gasteiger partial charge in [0.1, 0.15) is 5.82 Å². The second-order valence-electron chi connectivity index (χ2n) is 4.66. The van der Waals surface area contributed by atoms with Gasteiger partial charge >= 0.3 is 0 Å². The molecule has 0 fully saturated rings. The zero-order valence-corrected chi connectivity index (χ0v) is 13.3. The molecule has 0 amide bonds. The lowest BCUT2D eigenvalue weighted by atomic mass is 9.98. The number of halogens is 3. The molecule has 2 aromatic rings. The number of hydrogen-bond acceptors (Lipinski definition) is 2. The molecule has 2 nitrogen and oxygen atoms in total. The highest BCUT2D eigenvalue weighted by Crippen LogP contribution is 2.29. The molecule has 106 valence electrons. The van der Waals surface area contributed by atoms with Crippen molar-refractivity contribution in [2.24, 2.45) is 5.84 Å². The fourth-order valence-corrected chi connectivity index (χ4v) is 3.07. The van der Waals surface area contributed by atoms with E-state index >= 15 is 0 Å². The number of hydrogen-bond donors (Lipinski definition) is 2. The van der Waals surface area contributed by atoms with Gasteiger partial charge in [-0.05, 0) is 42.2 Å². The Balaban J connectivity index is 2.31. The Labute approximate surface area is 131 Å². The van der Waals surface area contributed by atoms with Crippen molar-refractivity contribution in [3.63, 3.8) is 0 Å². The molecule has 0 saturated heterocycles. The van der Waals surface area contributed by atoms with Crippen LogP contribution in [0, 0.1) is 12.7 Å². The highest BCUT2D eigenvalue weighted by Gasteiger charge is 2.16. The molecule has 2 rings (SSSR count). The van der Waals surface area contributed by atoms with Gasteiger partial charge in [-0.1, -0.05) is 51.8 Å². The van der Waals surface area contributed by atoms with Crippen LogP contribution in [0.5, 0.6) is 0 Å². The molecule has 0 spiro atoms. The molecule has 0 aromatic heterocycles. The van der Waals surface area contributed by atoms with Crippen LogP contribution in [0.2, 0.25) is 5.02 Å². The normalized spacial score (nSPS) is 12.4. The summed E-state index contributed by atoms with van der Waals surface area (Å²) >= 11 is 9.52. The Morgan fingerprint density at radius 1 is 1.35 bits per heavy atom. The Hall–Kier alpha value is -0.940. The number of benzene rings is 2. The highest BCUT2D eigenvalue weighted by molar-refractivity contribution is 9.10. The van der Waals surface area contributed by atoms with Crippen LogP contribution in [-0.2, 0) is 6.42 Å². The Kier molecular flexibility index (Phi) is 5.16. The van der Waals surface area contributed by atoms with Crippen LogP contribution >= 0.6 is 27.5 Å². The van der Waals surface area contributed by atoms with E-state index in [1.807, 2.05) is 25.1 Å². The molecular weight excluding hydrogens is 343 g/mol. The smallest absolute Gasteiger partial charge is 0.142 e. The summed E-state index contributed by atoms with van der Waals surface area (Å²) in [6, 6.07) is 10.7. The molecule has 0 aliphatic carbocycles. The molecule has 0 saturated carbocycles. The predicted octanol–water partition coefficient (Wildman–Crippen LogP) is 4.30.